The summed E-state index contributed by atoms with van der Waals surface area (Å²) in [6.07, 6.45) is 0. The van der Waals surface area contributed by atoms with E-state index in [0.29, 0.717) is 24.2 Å². The van der Waals surface area contributed by atoms with Gasteiger partial charge in [0.2, 0.25) is 11.1 Å². The number of aromatic nitrogens is 4. The molecule has 0 spiro atoms. The van der Waals surface area contributed by atoms with Gasteiger partial charge in [-0.05, 0) is 34.0 Å². The molecule has 0 unspecified atom stereocenters. The highest BCUT2D eigenvalue weighted by molar-refractivity contribution is 7.99. The molecule has 10 heteroatoms. The molecule has 2 rings (SSSR count). The van der Waals surface area contributed by atoms with E-state index in [4.69, 9.17) is 0 Å². The van der Waals surface area contributed by atoms with Crippen molar-refractivity contribution in [2.75, 3.05) is 5.75 Å². The summed E-state index contributed by atoms with van der Waals surface area (Å²) in [6.45, 7) is 2.24. The molecule has 0 bridgehead atoms. The number of hydrogen-bond donors (Lipinski definition) is 1. The molecule has 1 heterocycles. The second kappa shape index (κ2) is 9.30. The fourth-order valence-corrected chi connectivity index (χ4v) is 2.65. The smallest absolute Gasteiger partial charge is 0.387 e. The second-order valence-electron chi connectivity index (χ2n) is 5.63. The lowest BCUT2D eigenvalue weighted by Crippen LogP contribution is -2.24. The van der Waals surface area contributed by atoms with Gasteiger partial charge in [0.1, 0.15) is 5.75 Å². The molecule has 0 aliphatic carbocycles. The predicted octanol–water partition coefficient (Wildman–Crippen LogP) is 2.34. The van der Waals surface area contributed by atoms with Crippen LogP contribution >= 0.6 is 11.8 Å². The quantitative estimate of drug-likeness (QED) is 0.682. The van der Waals surface area contributed by atoms with E-state index >= 15 is 0 Å². The Balaban J connectivity index is 1.76. The number of nitrogens with one attached hydrogen (secondary N) is 1. The van der Waals surface area contributed by atoms with Crippen molar-refractivity contribution >= 4 is 17.7 Å². The zero-order chi connectivity index (χ0) is 18.2. The topological polar surface area (TPSA) is 81.9 Å². The largest absolute Gasteiger partial charge is 0.435 e. The molecule has 1 N–H and O–H groups in total. The lowest BCUT2D eigenvalue weighted by atomic mass is 10.2. The highest BCUT2D eigenvalue weighted by Crippen LogP contribution is 2.16. The molecule has 2 aromatic rings. The Morgan fingerprint density at radius 1 is 1.32 bits per heavy atom. The molecule has 1 aromatic heterocycles. The first-order valence-corrected chi connectivity index (χ1v) is 8.62. The number of nitrogens with zero attached hydrogens (tertiary/aromatic N) is 4. The van der Waals surface area contributed by atoms with Gasteiger partial charge >= 0.3 is 6.61 Å². The Hall–Kier alpha value is -2.23. The van der Waals surface area contributed by atoms with Gasteiger partial charge in [-0.1, -0.05) is 37.7 Å². The van der Waals surface area contributed by atoms with Gasteiger partial charge in [0.05, 0.1) is 5.75 Å². The van der Waals surface area contributed by atoms with E-state index in [0.717, 1.165) is 5.56 Å². The van der Waals surface area contributed by atoms with Crippen LogP contribution in [0.3, 0.4) is 0 Å². The van der Waals surface area contributed by atoms with Crippen LogP contribution in [0.2, 0.25) is 0 Å². The van der Waals surface area contributed by atoms with Crippen LogP contribution in [0.5, 0.6) is 5.75 Å². The van der Waals surface area contributed by atoms with Crippen molar-refractivity contribution in [2.45, 2.75) is 38.7 Å². The fourth-order valence-electron chi connectivity index (χ4n) is 1.93. The van der Waals surface area contributed by atoms with Gasteiger partial charge in [-0.3, -0.25) is 4.79 Å². The molecular weight excluding hydrogens is 352 g/mol. The average Bonchev–Trinajstić information content (AvgIpc) is 2.98. The first-order chi connectivity index (χ1) is 11.9. The average molecular weight is 371 g/mol. The van der Waals surface area contributed by atoms with Gasteiger partial charge in [0, 0.05) is 13.1 Å². The molecule has 0 atom stereocenters. The van der Waals surface area contributed by atoms with Crippen LogP contribution in [0, 0.1) is 5.92 Å². The van der Waals surface area contributed by atoms with E-state index in [1.54, 1.807) is 16.8 Å². The number of hydrogen-bond acceptors (Lipinski definition) is 6. The third-order valence-corrected chi connectivity index (χ3v) is 3.96. The number of amides is 1. The predicted molar refractivity (Wildman–Crippen MR) is 88.3 cm³/mol. The van der Waals surface area contributed by atoms with Gasteiger partial charge in [0.25, 0.3) is 0 Å². The summed E-state index contributed by atoms with van der Waals surface area (Å²) in [5.74, 6) is 0.494. The zero-order valence-electron chi connectivity index (χ0n) is 13.9. The number of halogens is 2. The molecule has 136 valence electrons. The third kappa shape index (κ3) is 6.65. The van der Waals surface area contributed by atoms with Gasteiger partial charge in [-0.15, -0.1) is 5.10 Å². The number of carbonyl (C=O) groups excluding carboxylic acids is 1. The Bertz CT molecular complexity index is 679. The van der Waals surface area contributed by atoms with E-state index in [2.05, 4.69) is 39.4 Å². The summed E-state index contributed by atoms with van der Waals surface area (Å²) in [5, 5.41) is 14.8. The maximum absolute atomic E-state index is 12.1. The molecular formula is C15H19F2N5O2S. The van der Waals surface area contributed by atoms with Crippen LogP contribution in [0.15, 0.2) is 29.4 Å². The Morgan fingerprint density at radius 3 is 2.68 bits per heavy atom. The number of carbonyl (C=O) groups is 1. The molecule has 0 fully saturated rings. The minimum absolute atomic E-state index is 0.0811. The fraction of sp³-hybridized carbons (Fsp3) is 0.467. The van der Waals surface area contributed by atoms with Crippen molar-refractivity contribution in [3.05, 3.63) is 29.8 Å². The van der Waals surface area contributed by atoms with Crippen molar-refractivity contribution in [1.82, 2.24) is 25.5 Å². The number of ether oxygens (including phenoxy) is 1. The number of tetrazole rings is 1. The van der Waals surface area contributed by atoms with Crippen molar-refractivity contribution < 1.29 is 18.3 Å². The van der Waals surface area contributed by atoms with Crippen molar-refractivity contribution in [3.8, 4) is 5.75 Å². The molecule has 25 heavy (non-hydrogen) atoms. The molecule has 0 saturated carbocycles. The normalized spacial score (nSPS) is 11.1. The molecule has 0 radical (unpaired) electrons. The van der Waals surface area contributed by atoms with Crippen LogP contribution < -0.4 is 10.1 Å². The molecule has 7 nitrogen and oxygen atoms in total. The first-order valence-electron chi connectivity index (χ1n) is 7.63. The number of rotatable bonds is 9. The van der Waals surface area contributed by atoms with Crippen LogP contribution in [-0.4, -0.2) is 38.5 Å². The van der Waals surface area contributed by atoms with E-state index < -0.39 is 6.61 Å². The van der Waals surface area contributed by atoms with E-state index in [1.807, 2.05) is 0 Å². The third-order valence-electron chi connectivity index (χ3n) is 3.01. The SMILES string of the molecule is CC(C)Cn1nnnc1SCC(=O)NCc1ccc(OC(F)F)cc1. The first kappa shape index (κ1) is 19.1. The summed E-state index contributed by atoms with van der Waals surface area (Å²) in [5.41, 5.74) is 0.782. The van der Waals surface area contributed by atoms with E-state index in [-0.39, 0.29) is 17.4 Å². The van der Waals surface area contributed by atoms with Gasteiger partial charge in [0.15, 0.2) is 0 Å². The van der Waals surface area contributed by atoms with Crippen LogP contribution in [0.1, 0.15) is 19.4 Å². The molecule has 0 saturated heterocycles. The summed E-state index contributed by atoms with van der Waals surface area (Å²) in [4.78, 5) is 11.9. The Kier molecular flexibility index (Phi) is 7.11. The second-order valence-corrected chi connectivity index (χ2v) is 6.57. The summed E-state index contributed by atoms with van der Waals surface area (Å²) >= 11 is 1.26. The van der Waals surface area contributed by atoms with E-state index in [9.17, 15) is 13.6 Å². The summed E-state index contributed by atoms with van der Waals surface area (Å²) in [6, 6.07) is 6.10. The minimum atomic E-state index is -2.85. The zero-order valence-corrected chi connectivity index (χ0v) is 14.7. The number of thioether (sulfide) groups is 1. The maximum atomic E-state index is 12.1. The molecule has 0 aliphatic rings. The lowest BCUT2D eigenvalue weighted by Gasteiger charge is -2.08. The Morgan fingerprint density at radius 2 is 2.04 bits per heavy atom. The molecule has 1 aromatic carbocycles. The lowest BCUT2D eigenvalue weighted by molar-refractivity contribution is -0.118. The number of alkyl halides is 2. The summed E-state index contributed by atoms with van der Waals surface area (Å²) in [7, 11) is 0. The Labute approximate surface area is 148 Å². The number of benzene rings is 1. The van der Waals surface area contributed by atoms with E-state index in [1.165, 1.54) is 23.9 Å². The molecule has 0 aliphatic heterocycles. The van der Waals surface area contributed by atoms with Crippen LogP contribution in [0.4, 0.5) is 8.78 Å². The van der Waals surface area contributed by atoms with Crippen molar-refractivity contribution in [1.29, 1.82) is 0 Å². The van der Waals surface area contributed by atoms with Gasteiger partial charge in [-0.25, -0.2) is 4.68 Å². The monoisotopic (exact) mass is 371 g/mol. The minimum Gasteiger partial charge on any atom is -0.435 e. The highest BCUT2D eigenvalue weighted by atomic mass is 32.2. The van der Waals surface area contributed by atoms with Crippen LogP contribution in [-0.2, 0) is 17.9 Å². The van der Waals surface area contributed by atoms with Crippen molar-refractivity contribution in [2.24, 2.45) is 5.92 Å². The van der Waals surface area contributed by atoms with Crippen LogP contribution in [0.25, 0.3) is 0 Å². The summed E-state index contributed by atoms with van der Waals surface area (Å²) < 4.78 is 30.1. The maximum Gasteiger partial charge on any atom is 0.387 e. The highest BCUT2D eigenvalue weighted by Gasteiger charge is 2.11. The molecule has 1 amide bonds. The van der Waals surface area contributed by atoms with Crippen molar-refractivity contribution in [3.63, 3.8) is 0 Å². The standard InChI is InChI=1S/C15H19F2N5O2S/c1-10(2)8-22-15(19-20-21-22)25-9-13(23)18-7-11-3-5-12(6-4-11)24-14(16)17/h3-6,10,14H,7-9H2,1-2H3,(H,18,23). The van der Waals surface area contributed by atoms with Gasteiger partial charge in [-0.2, -0.15) is 8.78 Å². The van der Waals surface area contributed by atoms with Gasteiger partial charge < -0.3 is 10.1 Å².